The Bertz CT molecular complexity index is 376. The standard InChI is InChI=1S/C7H4F5IN2/c8-6(9)3-2(14)1-15-5(4(3)13)7(10,11)12/h1,6H,14H2. The molecular weight excluding hydrogens is 334 g/mol. The predicted molar refractivity (Wildman–Crippen MR) is 51.3 cm³/mol. The fourth-order valence-corrected chi connectivity index (χ4v) is 1.93. The molecule has 0 aliphatic heterocycles. The van der Waals surface area contributed by atoms with Crippen LogP contribution in [0.5, 0.6) is 0 Å². The maximum absolute atomic E-state index is 12.4. The number of nitrogen functional groups attached to an aromatic ring is 1. The number of hydrogen-bond donors (Lipinski definition) is 1. The van der Waals surface area contributed by atoms with E-state index >= 15 is 0 Å². The molecule has 2 N–H and O–H groups in total. The Kier molecular flexibility index (Phi) is 3.36. The molecule has 0 radical (unpaired) electrons. The van der Waals surface area contributed by atoms with Crippen LogP contribution in [0.25, 0.3) is 0 Å². The van der Waals surface area contributed by atoms with E-state index in [2.05, 4.69) is 4.98 Å². The number of alkyl halides is 5. The van der Waals surface area contributed by atoms with Gasteiger partial charge in [0.15, 0.2) is 5.69 Å². The van der Waals surface area contributed by atoms with Crippen LogP contribution in [0.2, 0.25) is 0 Å². The van der Waals surface area contributed by atoms with Gasteiger partial charge in [-0.3, -0.25) is 0 Å². The van der Waals surface area contributed by atoms with Gasteiger partial charge in [0.2, 0.25) is 0 Å². The van der Waals surface area contributed by atoms with Crippen LogP contribution < -0.4 is 5.73 Å². The molecule has 0 atom stereocenters. The first-order valence-corrected chi connectivity index (χ1v) is 4.62. The van der Waals surface area contributed by atoms with Gasteiger partial charge in [0.1, 0.15) is 0 Å². The molecule has 2 nitrogen and oxygen atoms in total. The molecule has 0 fully saturated rings. The van der Waals surface area contributed by atoms with Crippen molar-refractivity contribution in [2.75, 3.05) is 5.73 Å². The van der Waals surface area contributed by atoms with Gasteiger partial charge in [-0.1, -0.05) is 0 Å². The molecule has 8 heteroatoms. The van der Waals surface area contributed by atoms with E-state index in [4.69, 9.17) is 5.73 Å². The number of nitrogens with two attached hydrogens (primary N) is 1. The van der Waals surface area contributed by atoms with E-state index in [1.54, 1.807) is 0 Å². The van der Waals surface area contributed by atoms with Crippen LogP contribution >= 0.6 is 22.6 Å². The molecule has 84 valence electrons. The molecule has 1 rings (SSSR count). The molecule has 0 bridgehead atoms. The second kappa shape index (κ2) is 4.06. The summed E-state index contributed by atoms with van der Waals surface area (Å²) < 4.78 is 60.9. The van der Waals surface area contributed by atoms with E-state index in [-0.39, 0.29) is 0 Å². The van der Waals surface area contributed by atoms with Crippen LogP contribution in [0.15, 0.2) is 6.20 Å². The number of aromatic nitrogens is 1. The smallest absolute Gasteiger partial charge is 0.397 e. The van der Waals surface area contributed by atoms with Crippen molar-refractivity contribution in [3.05, 3.63) is 21.0 Å². The zero-order valence-corrected chi connectivity index (χ0v) is 9.10. The van der Waals surface area contributed by atoms with E-state index in [1.165, 1.54) is 0 Å². The van der Waals surface area contributed by atoms with E-state index in [1.807, 2.05) is 0 Å². The van der Waals surface area contributed by atoms with Crippen molar-refractivity contribution in [3.8, 4) is 0 Å². The fraction of sp³-hybridized carbons (Fsp3) is 0.286. The van der Waals surface area contributed by atoms with Crippen molar-refractivity contribution in [1.29, 1.82) is 0 Å². The minimum atomic E-state index is -4.76. The summed E-state index contributed by atoms with van der Waals surface area (Å²) in [7, 11) is 0. The molecule has 0 aromatic carbocycles. The zero-order valence-electron chi connectivity index (χ0n) is 6.95. The lowest BCUT2D eigenvalue weighted by Gasteiger charge is -2.12. The number of anilines is 1. The summed E-state index contributed by atoms with van der Waals surface area (Å²) >= 11 is 1.16. The van der Waals surface area contributed by atoms with Crippen LogP contribution in [-0.2, 0) is 6.18 Å². The van der Waals surface area contributed by atoms with Gasteiger partial charge in [-0.2, -0.15) is 13.2 Å². The summed E-state index contributed by atoms with van der Waals surface area (Å²) in [5, 5.41) is 0. The van der Waals surface area contributed by atoms with E-state index < -0.39 is 33.1 Å². The average molecular weight is 338 g/mol. The molecular formula is C7H4F5IN2. The fourth-order valence-electron chi connectivity index (χ4n) is 0.934. The summed E-state index contributed by atoms with van der Waals surface area (Å²) in [4.78, 5) is 3.00. The molecule has 0 aliphatic rings. The summed E-state index contributed by atoms with van der Waals surface area (Å²) in [6.07, 6.45) is -7.22. The molecule has 1 heterocycles. The Labute approximate surface area is 94.8 Å². The Hall–Kier alpha value is -0.670. The topological polar surface area (TPSA) is 38.9 Å². The van der Waals surface area contributed by atoms with Crippen molar-refractivity contribution in [1.82, 2.24) is 4.98 Å². The first-order valence-electron chi connectivity index (χ1n) is 3.54. The maximum Gasteiger partial charge on any atom is 0.434 e. The second-order valence-corrected chi connectivity index (χ2v) is 3.67. The summed E-state index contributed by atoms with van der Waals surface area (Å²) in [6.45, 7) is 0. The molecule has 0 saturated heterocycles. The molecule has 1 aromatic heterocycles. The Balaban J connectivity index is 3.42. The number of hydrogen-bond acceptors (Lipinski definition) is 2. The van der Waals surface area contributed by atoms with Gasteiger partial charge < -0.3 is 5.73 Å². The van der Waals surface area contributed by atoms with Gasteiger partial charge in [-0.15, -0.1) is 0 Å². The van der Waals surface area contributed by atoms with Crippen molar-refractivity contribution in [2.45, 2.75) is 12.6 Å². The third kappa shape index (κ3) is 2.47. The quantitative estimate of drug-likeness (QED) is 0.631. The number of halogens is 6. The highest BCUT2D eigenvalue weighted by molar-refractivity contribution is 14.1. The van der Waals surface area contributed by atoms with Gasteiger partial charge in [0.25, 0.3) is 6.43 Å². The van der Waals surface area contributed by atoms with Crippen molar-refractivity contribution < 1.29 is 22.0 Å². The van der Waals surface area contributed by atoms with Crippen LogP contribution in [0.4, 0.5) is 27.6 Å². The van der Waals surface area contributed by atoms with Crippen molar-refractivity contribution in [3.63, 3.8) is 0 Å². The first-order chi connectivity index (χ1) is 6.75. The third-order valence-electron chi connectivity index (χ3n) is 1.57. The van der Waals surface area contributed by atoms with Crippen LogP contribution in [0.3, 0.4) is 0 Å². The number of rotatable bonds is 1. The van der Waals surface area contributed by atoms with Crippen LogP contribution in [0.1, 0.15) is 17.7 Å². The van der Waals surface area contributed by atoms with E-state index in [0.29, 0.717) is 6.20 Å². The number of pyridine rings is 1. The molecule has 1 aromatic rings. The van der Waals surface area contributed by atoms with E-state index in [0.717, 1.165) is 22.6 Å². The SMILES string of the molecule is Nc1cnc(C(F)(F)F)c(I)c1C(F)F. The number of nitrogens with zero attached hydrogens (tertiary/aromatic N) is 1. The lowest BCUT2D eigenvalue weighted by Crippen LogP contribution is -2.14. The molecule has 0 saturated carbocycles. The predicted octanol–water partition coefficient (Wildman–Crippen LogP) is 3.22. The summed E-state index contributed by atoms with van der Waals surface area (Å²) in [5.41, 5.74) is 2.52. The Morgan fingerprint density at radius 3 is 2.27 bits per heavy atom. The van der Waals surface area contributed by atoms with E-state index in [9.17, 15) is 22.0 Å². The van der Waals surface area contributed by atoms with Crippen molar-refractivity contribution >= 4 is 28.3 Å². The summed E-state index contributed by atoms with van der Waals surface area (Å²) in [5.74, 6) is 0. The third-order valence-corrected chi connectivity index (χ3v) is 2.67. The van der Waals surface area contributed by atoms with Gasteiger partial charge in [-0.05, 0) is 22.6 Å². The van der Waals surface area contributed by atoms with Gasteiger partial charge in [0.05, 0.1) is 21.0 Å². The first kappa shape index (κ1) is 12.4. The van der Waals surface area contributed by atoms with Crippen LogP contribution in [-0.4, -0.2) is 4.98 Å². The second-order valence-electron chi connectivity index (χ2n) is 2.59. The molecule has 0 aliphatic carbocycles. The largest absolute Gasteiger partial charge is 0.434 e. The monoisotopic (exact) mass is 338 g/mol. The zero-order chi connectivity index (χ0) is 11.8. The highest BCUT2D eigenvalue weighted by Crippen LogP contribution is 2.37. The normalized spacial score (nSPS) is 12.2. The lowest BCUT2D eigenvalue weighted by atomic mass is 10.2. The molecule has 0 unspecified atom stereocenters. The Morgan fingerprint density at radius 2 is 1.87 bits per heavy atom. The summed E-state index contributed by atoms with van der Waals surface area (Å²) in [6, 6.07) is 0. The van der Waals surface area contributed by atoms with Gasteiger partial charge in [0, 0.05) is 0 Å². The molecule has 0 spiro atoms. The minimum absolute atomic E-state index is 0.442. The highest BCUT2D eigenvalue weighted by Gasteiger charge is 2.37. The molecule has 0 amide bonds. The molecule has 15 heavy (non-hydrogen) atoms. The van der Waals surface area contributed by atoms with Crippen molar-refractivity contribution in [2.24, 2.45) is 0 Å². The maximum atomic E-state index is 12.4. The van der Waals surface area contributed by atoms with Gasteiger partial charge in [-0.25, -0.2) is 13.8 Å². The lowest BCUT2D eigenvalue weighted by molar-refractivity contribution is -0.142. The minimum Gasteiger partial charge on any atom is -0.397 e. The highest BCUT2D eigenvalue weighted by atomic mass is 127. The van der Waals surface area contributed by atoms with Crippen LogP contribution in [0, 0.1) is 3.57 Å². The average Bonchev–Trinajstić information content (AvgIpc) is 2.00. The van der Waals surface area contributed by atoms with Gasteiger partial charge >= 0.3 is 6.18 Å². The Morgan fingerprint density at radius 1 is 1.33 bits per heavy atom.